The number of carbonyl (C=O) groups excluding carboxylic acids is 2. The highest BCUT2D eigenvalue weighted by Gasteiger charge is 2.23. The number of primary amides is 1. The second kappa shape index (κ2) is 6.10. The fourth-order valence-corrected chi connectivity index (χ4v) is 1.62. The molecule has 0 radical (unpaired) electrons. The number of nitrogens with two attached hydrogens (primary N) is 1. The number of hydrogen-bond acceptors (Lipinski definition) is 4. The van der Waals surface area contributed by atoms with Gasteiger partial charge in [0.05, 0.1) is 12.0 Å². The van der Waals surface area contributed by atoms with Gasteiger partial charge in [-0.15, -0.1) is 0 Å². The van der Waals surface area contributed by atoms with Crippen LogP contribution in [0.25, 0.3) is 0 Å². The first-order valence-electron chi connectivity index (χ1n) is 4.84. The molecule has 1 rings (SSSR count). The normalized spacial score (nSPS) is 11.6. The number of amides is 2. The molecule has 0 aliphatic heterocycles. The van der Waals surface area contributed by atoms with Gasteiger partial charge in [-0.2, -0.15) is 0 Å². The molecule has 4 N–H and O–H groups in total. The standard InChI is InChI=1S/C10H10BrN3O4/c11-8-5(2-1-3-13-8)9(16)14-6(10(17)18)4-7(12)15/h1-3,6H,4H2,(H2,12,15)(H,14,16)(H,17,18). The summed E-state index contributed by atoms with van der Waals surface area (Å²) in [5, 5.41) is 11.0. The third-order valence-electron chi connectivity index (χ3n) is 2.01. The van der Waals surface area contributed by atoms with E-state index in [2.05, 4.69) is 26.2 Å². The number of halogens is 1. The number of hydrogen-bond donors (Lipinski definition) is 3. The zero-order chi connectivity index (χ0) is 13.7. The summed E-state index contributed by atoms with van der Waals surface area (Å²) in [6, 6.07) is 1.64. The first kappa shape index (κ1) is 14.1. The van der Waals surface area contributed by atoms with Crippen molar-refractivity contribution in [2.24, 2.45) is 5.73 Å². The van der Waals surface area contributed by atoms with Gasteiger partial charge in [-0.1, -0.05) is 0 Å². The maximum atomic E-state index is 11.8. The predicted molar refractivity (Wildman–Crippen MR) is 64.6 cm³/mol. The summed E-state index contributed by atoms with van der Waals surface area (Å²) in [5.41, 5.74) is 5.07. The number of aliphatic carboxylic acids is 1. The molecule has 0 saturated carbocycles. The molecule has 18 heavy (non-hydrogen) atoms. The van der Waals surface area contributed by atoms with Crippen molar-refractivity contribution in [3.63, 3.8) is 0 Å². The van der Waals surface area contributed by atoms with Crippen molar-refractivity contribution in [1.82, 2.24) is 10.3 Å². The minimum absolute atomic E-state index is 0.174. The van der Waals surface area contributed by atoms with Crippen molar-refractivity contribution < 1.29 is 19.5 Å². The maximum absolute atomic E-state index is 11.8. The highest BCUT2D eigenvalue weighted by atomic mass is 79.9. The average molecular weight is 316 g/mol. The Morgan fingerprint density at radius 3 is 2.67 bits per heavy atom. The Morgan fingerprint density at radius 2 is 2.17 bits per heavy atom. The van der Waals surface area contributed by atoms with Gasteiger partial charge in [0.1, 0.15) is 10.6 Å². The Labute approximate surface area is 111 Å². The molecule has 2 amide bonds. The van der Waals surface area contributed by atoms with Crippen LogP contribution >= 0.6 is 15.9 Å². The molecule has 0 fully saturated rings. The van der Waals surface area contributed by atoms with E-state index in [1.807, 2.05) is 0 Å². The molecule has 8 heteroatoms. The van der Waals surface area contributed by atoms with Crippen LogP contribution in [0.15, 0.2) is 22.9 Å². The summed E-state index contributed by atoms with van der Waals surface area (Å²) >= 11 is 3.06. The fraction of sp³-hybridized carbons (Fsp3) is 0.200. The molecule has 0 bridgehead atoms. The van der Waals surface area contributed by atoms with Gasteiger partial charge in [0.15, 0.2) is 0 Å². The Bertz CT molecular complexity index is 492. The number of carboxylic acid groups (broad SMARTS) is 1. The summed E-state index contributed by atoms with van der Waals surface area (Å²) in [7, 11) is 0. The summed E-state index contributed by atoms with van der Waals surface area (Å²) in [4.78, 5) is 37.1. The van der Waals surface area contributed by atoms with Crippen molar-refractivity contribution >= 4 is 33.7 Å². The van der Waals surface area contributed by atoms with Gasteiger partial charge in [-0.3, -0.25) is 9.59 Å². The van der Waals surface area contributed by atoms with Gasteiger partial charge >= 0.3 is 5.97 Å². The number of carboxylic acids is 1. The van der Waals surface area contributed by atoms with Crippen LogP contribution in [0.1, 0.15) is 16.8 Å². The van der Waals surface area contributed by atoms with Crippen molar-refractivity contribution in [2.75, 3.05) is 0 Å². The first-order valence-corrected chi connectivity index (χ1v) is 5.63. The number of rotatable bonds is 5. The number of nitrogens with one attached hydrogen (secondary N) is 1. The van der Waals surface area contributed by atoms with E-state index in [1.165, 1.54) is 18.3 Å². The van der Waals surface area contributed by atoms with Crippen molar-refractivity contribution in [3.05, 3.63) is 28.5 Å². The topological polar surface area (TPSA) is 122 Å². The summed E-state index contributed by atoms with van der Waals surface area (Å²) in [6.45, 7) is 0. The molecule has 0 spiro atoms. The van der Waals surface area contributed by atoms with Gasteiger partial charge in [-0.25, -0.2) is 9.78 Å². The molecular formula is C10H10BrN3O4. The van der Waals surface area contributed by atoms with Gasteiger partial charge in [0, 0.05) is 6.20 Å². The average Bonchev–Trinajstić information content (AvgIpc) is 2.27. The van der Waals surface area contributed by atoms with Gasteiger partial charge in [0.25, 0.3) is 5.91 Å². The molecule has 0 aromatic carbocycles. The van der Waals surface area contributed by atoms with Crippen LogP contribution in [0, 0.1) is 0 Å². The van der Waals surface area contributed by atoms with E-state index in [0.29, 0.717) is 0 Å². The van der Waals surface area contributed by atoms with E-state index in [1.54, 1.807) is 0 Å². The molecular weight excluding hydrogens is 306 g/mol. The Kier molecular flexibility index (Phi) is 4.78. The van der Waals surface area contributed by atoms with Crippen LogP contribution < -0.4 is 11.1 Å². The highest BCUT2D eigenvalue weighted by Crippen LogP contribution is 2.12. The van der Waals surface area contributed by atoms with Crippen molar-refractivity contribution in [1.29, 1.82) is 0 Å². The molecule has 0 aliphatic carbocycles. The lowest BCUT2D eigenvalue weighted by molar-refractivity contribution is -0.140. The van der Waals surface area contributed by atoms with Crippen molar-refractivity contribution in [2.45, 2.75) is 12.5 Å². The lowest BCUT2D eigenvalue weighted by atomic mass is 10.2. The minimum Gasteiger partial charge on any atom is -0.480 e. The molecule has 0 aliphatic rings. The van der Waals surface area contributed by atoms with E-state index >= 15 is 0 Å². The molecule has 0 saturated heterocycles. The Hall–Kier alpha value is -1.96. The molecule has 1 unspecified atom stereocenters. The third-order valence-corrected chi connectivity index (χ3v) is 2.64. The number of nitrogens with zero attached hydrogens (tertiary/aromatic N) is 1. The van der Waals surface area contributed by atoms with Gasteiger partial charge in [0.2, 0.25) is 5.91 Å². The van der Waals surface area contributed by atoms with Crippen LogP contribution in [-0.4, -0.2) is 33.9 Å². The summed E-state index contributed by atoms with van der Waals surface area (Å²) in [6.07, 6.45) is 0.998. The van der Waals surface area contributed by atoms with Crippen LogP contribution in [-0.2, 0) is 9.59 Å². The minimum atomic E-state index is -1.36. The van der Waals surface area contributed by atoms with E-state index in [4.69, 9.17) is 10.8 Å². The molecule has 1 heterocycles. The third kappa shape index (κ3) is 3.81. The maximum Gasteiger partial charge on any atom is 0.326 e. The second-order valence-corrected chi connectivity index (χ2v) is 4.13. The van der Waals surface area contributed by atoms with Crippen LogP contribution in [0.4, 0.5) is 0 Å². The lowest BCUT2D eigenvalue weighted by Crippen LogP contribution is -2.43. The zero-order valence-electron chi connectivity index (χ0n) is 9.09. The summed E-state index contributed by atoms with van der Waals surface area (Å²) in [5.74, 6) is -2.79. The van der Waals surface area contributed by atoms with Crippen LogP contribution in [0.2, 0.25) is 0 Å². The quantitative estimate of drug-likeness (QED) is 0.655. The number of aromatic nitrogens is 1. The van der Waals surface area contributed by atoms with Gasteiger partial charge in [-0.05, 0) is 28.1 Å². The van der Waals surface area contributed by atoms with Gasteiger partial charge < -0.3 is 16.2 Å². The lowest BCUT2D eigenvalue weighted by Gasteiger charge is -2.13. The number of carbonyl (C=O) groups is 3. The Balaban J connectivity index is 2.82. The van der Waals surface area contributed by atoms with E-state index in [-0.39, 0.29) is 10.2 Å². The molecule has 7 nitrogen and oxygen atoms in total. The largest absolute Gasteiger partial charge is 0.480 e. The molecule has 96 valence electrons. The zero-order valence-corrected chi connectivity index (χ0v) is 10.7. The monoisotopic (exact) mass is 315 g/mol. The van der Waals surface area contributed by atoms with Crippen LogP contribution in [0.3, 0.4) is 0 Å². The number of pyridine rings is 1. The van der Waals surface area contributed by atoms with E-state index < -0.39 is 30.2 Å². The molecule has 1 atom stereocenters. The smallest absolute Gasteiger partial charge is 0.326 e. The first-order chi connectivity index (χ1) is 8.41. The summed E-state index contributed by atoms with van der Waals surface area (Å²) < 4.78 is 0.283. The molecule has 1 aromatic heterocycles. The van der Waals surface area contributed by atoms with Crippen LogP contribution in [0.5, 0.6) is 0 Å². The predicted octanol–water partition coefficient (Wildman–Crippen LogP) is -0.0975. The second-order valence-electron chi connectivity index (χ2n) is 3.38. The van der Waals surface area contributed by atoms with Crippen molar-refractivity contribution in [3.8, 4) is 0 Å². The molecule has 1 aromatic rings. The van der Waals surface area contributed by atoms with E-state index in [9.17, 15) is 14.4 Å². The fourth-order valence-electron chi connectivity index (χ4n) is 1.19. The highest BCUT2D eigenvalue weighted by molar-refractivity contribution is 9.10. The SMILES string of the molecule is NC(=O)CC(NC(=O)c1cccnc1Br)C(=O)O. The Morgan fingerprint density at radius 1 is 1.50 bits per heavy atom. The van der Waals surface area contributed by atoms with E-state index in [0.717, 1.165) is 0 Å².